The van der Waals surface area contributed by atoms with Crippen molar-refractivity contribution in [3.63, 3.8) is 0 Å². The molecule has 1 aliphatic rings. The summed E-state index contributed by atoms with van der Waals surface area (Å²) in [5.41, 5.74) is 9.44. The molecule has 0 saturated carbocycles. The highest BCUT2D eigenvalue weighted by atomic mass is 14.5. The molecule has 0 aliphatic heterocycles. The Morgan fingerprint density at radius 3 is 2.57 bits per heavy atom. The van der Waals surface area contributed by atoms with E-state index in [0.29, 0.717) is 11.3 Å². The summed E-state index contributed by atoms with van der Waals surface area (Å²) in [5, 5.41) is 0. The molecule has 0 radical (unpaired) electrons. The second kappa shape index (κ2) is 8.78. The van der Waals surface area contributed by atoms with Crippen LogP contribution in [0.3, 0.4) is 0 Å². The zero-order valence-electron chi connectivity index (χ0n) is 15.0. The van der Waals surface area contributed by atoms with Crippen LogP contribution in [0, 0.1) is 17.3 Å². The third kappa shape index (κ3) is 6.38. The van der Waals surface area contributed by atoms with Gasteiger partial charge in [0.15, 0.2) is 0 Å². The van der Waals surface area contributed by atoms with E-state index in [1.54, 1.807) is 11.1 Å². The highest BCUT2D eigenvalue weighted by Crippen LogP contribution is 2.42. The van der Waals surface area contributed by atoms with Gasteiger partial charge in [0.05, 0.1) is 0 Å². The van der Waals surface area contributed by atoms with E-state index in [1.165, 1.54) is 38.5 Å². The van der Waals surface area contributed by atoms with Gasteiger partial charge in [-0.2, -0.15) is 0 Å². The Morgan fingerprint density at radius 1 is 1.24 bits per heavy atom. The summed E-state index contributed by atoms with van der Waals surface area (Å²) < 4.78 is 0. The van der Waals surface area contributed by atoms with E-state index >= 15 is 0 Å². The third-order valence-corrected chi connectivity index (χ3v) is 5.20. The van der Waals surface area contributed by atoms with Crippen LogP contribution in [0.2, 0.25) is 0 Å². The van der Waals surface area contributed by atoms with Gasteiger partial charge in [0.25, 0.3) is 0 Å². The van der Waals surface area contributed by atoms with E-state index in [1.807, 2.05) is 0 Å². The lowest BCUT2D eigenvalue weighted by Crippen LogP contribution is -2.20. The third-order valence-electron chi connectivity index (χ3n) is 5.20. The fourth-order valence-electron chi connectivity index (χ4n) is 3.64. The average Bonchev–Trinajstić information content (AvgIpc) is 2.37. The van der Waals surface area contributed by atoms with Crippen LogP contribution in [0.15, 0.2) is 23.3 Å². The number of rotatable bonds is 8. The van der Waals surface area contributed by atoms with E-state index in [9.17, 15) is 0 Å². The topological polar surface area (TPSA) is 26.0 Å². The zero-order valence-corrected chi connectivity index (χ0v) is 15.0. The molecular formula is C20H37N. The molecule has 2 atom stereocenters. The van der Waals surface area contributed by atoms with Gasteiger partial charge in [0.1, 0.15) is 0 Å². The van der Waals surface area contributed by atoms with Crippen molar-refractivity contribution in [1.29, 1.82) is 0 Å². The molecule has 0 aromatic rings. The quantitative estimate of drug-likeness (QED) is 0.557. The molecular weight excluding hydrogens is 254 g/mol. The minimum atomic E-state index is 0.432. The maximum atomic E-state index is 5.60. The molecule has 0 bridgehead atoms. The van der Waals surface area contributed by atoms with Crippen molar-refractivity contribution >= 4 is 0 Å². The van der Waals surface area contributed by atoms with Gasteiger partial charge in [-0.1, -0.05) is 51.0 Å². The molecule has 1 rings (SSSR count). The van der Waals surface area contributed by atoms with Crippen molar-refractivity contribution in [2.24, 2.45) is 23.0 Å². The highest BCUT2D eigenvalue weighted by molar-refractivity contribution is 5.22. The first-order valence-electron chi connectivity index (χ1n) is 8.92. The van der Waals surface area contributed by atoms with E-state index in [-0.39, 0.29) is 0 Å². The molecule has 122 valence electrons. The van der Waals surface area contributed by atoms with Crippen LogP contribution >= 0.6 is 0 Å². The Balaban J connectivity index is 2.42. The molecule has 0 aromatic heterocycles. The van der Waals surface area contributed by atoms with Crippen LogP contribution in [-0.4, -0.2) is 6.54 Å². The van der Waals surface area contributed by atoms with Gasteiger partial charge in [-0.3, -0.25) is 0 Å². The molecule has 21 heavy (non-hydrogen) atoms. The molecule has 0 aromatic carbocycles. The van der Waals surface area contributed by atoms with Crippen LogP contribution in [0.25, 0.3) is 0 Å². The molecule has 0 spiro atoms. The highest BCUT2D eigenvalue weighted by Gasteiger charge is 2.27. The maximum Gasteiger partial charge on any atom is -0.00746 e. The van der Waals surface area contributed by atoms with Gasteiger partial charge in [-0.25, -0.2) is 0 Å². The number of allylic oxidation sites excluding steroid dienone is 4. The standard InChI is InChI=1S/C20H37N/c1-16(8-6-9-17(2)13-15-21)11-12-19-18(3)10-7-14-20(19,4)5/h6,8,16-17H,7,9-15,21H2,1-5H3/b8-6+. The van der Waals surface area contributed by atoms with Crippen molar-refractivity contribution < 1.29 is 0 Å². The summed E-state index contributed by atoms with van der Waals surface area (Å²) in [6.07, 6.45) is 13.7. The largest absolute Gasteiger partial charge is 0.330 e. The summed E-state index contributed by atoms with van der Waals surface area (Å²) in [6.45, 7) is 12.7. The van der Waals surface area contributed by atoms with Gasteiger partial charge in [0, 0.05) is 0 Å². The molecule has 0 amide bonds. The van der Waals surface area contributed by atoms with Gasteiger partial charge in [-0.15, -0.1) is 0 Å². The van der Waals surface area contributed by atoms with Crippen LogP contribution in [-0.2, 0) is 0 Å². The fourth-order valence-corrected chi connectivity index (χ4v) is 3.64. The fraction of sp³-hybridized carbons (Fsp3) is 0.800. The normalized spacial score (nSPS) is 21.8. The Hall–Kier alpha value is -0.560. The molecule has 1 aliphatic carbocycles. The molecule has 0 fully saturated rings. The summed E-state index contributed by atoms with van der Waals surface area (Å²) in [7, 11) is 0. The minimum Gasteiger partial charge on any atom is -0.330 e. The van der Waals surface area contributed by atoms with Gasteiger partial charge in [0.2, 0.25) is 0 Å². The monoisotopic (exact) mass is 291 g/mol. The molecule has 0 heterocycles. The Kier molecular flexibility index (Phi) is 7.73. The van der Waals surface area contributed by atoms with Crippen molar-refractivity contribution in [3.05, 3.63) is 23.3 Å². The molecule has 2 unspecified atom stereocenters. The SMILES string of the molecule is CC1=C(CCC(C)/C=C/CC(C)CCN)C(C)(C)CCC1. The molecule has 2 N–H and O–H groups in total. The Bertz CT molecular complexity index is 362. The van der Waals surface area contributed by atoms with E-state index < -0.39 is 0 Å². The van der Waals surface area contributed by atoms with Crippen molar-refractivity contribution in [2.45, 2.75) is 79.6 Å². The van der Waals surface area contributed by atoms with E-state index in [2.05, 4.69) is 46.8 Å². The second-order valence-corrected chi connectivity index (χ2v) is 7.86. The van der Waals surface area contributed by atoms with Gasteiger partial charge < -0.3 is 5.73 Å². The smallest absolute Gasteiger partial charge is 0.00746 e. The average molecular weight is 292 g/mol. The lowest BCUT2D eigenvalue weighted by molar-refractivity contribution is 0.348. The van der Waals surface area contributed by atoms with Crippen LogP contribution < -0.4 is 5.73 Å². The summed E-state index contributed by atoms with van der Waals surface area (Å²) in [6, 6.07) is 0. The van der Waals surface area contributed by atoms with Gasteiger partial charge >= 0.3 is 0 Å². The predicted molar refractivity (Wildman–Crippen MR) is 95.3 cm³/mol. The number of hydrogen-bond donors (Lipinski definition) is 1. The predicted octanol–water partition coefficient (Wildman–Crippen LogP) is 5.86. The van der Waals surface area contributed by atoms with Crippen molar-refractivity contribution in [3.8, 4) is 0 Å². The molecule has 1 heteroatoms. The second-order valence-electron chi connectivity index (χ2n) is 7.86. The zero-order chi connectivity index (χ0) is 15.9. The summed E-state index contributed by atoms with van der Waals surface area (Å²) in [4.78, 5) is 0. The first-order valence-corrected chi connectivity index (χ1v) is 8.92. The van der Waals surface area contributed by atoms with Gasteiger partial charge in [-0.05, 0) is 75.7 Å². The molecule has 1 nitrogen and oxygen atoms in total. The van der Waals surface area contributed by atoms with Crippen LogP contribution in [0.1, 0.15) is 79.6 Å². The Morgan fingerprint density at radius 2 is 1.95 bits per heavy atom. The van der Waals surface area contributed by atoms with E-state index in [0.717, 1.165) is 18.9 Å². The number of nitrogens with two attached hydrogens (primary N) is 1. The van der Waals surface area contributed by atoms with Crippen molar-refractivity contribution in [2.75, 3.05) is 6.54 Å². The molecule has 0 saturated heterocycles. The number of hydrogen-bond acceptors (Lipinski definition) is 1. The summed E-state index contributed by atoms with van der Waals surface area (Å²) >= 11 is 0. The van der Waals surface area contributed by atoms with Crippen LogP contribution in [0.5, 0.6) is 0 Å². The minimum absolute atomic E-state index is 0.432. The maximum absolute atomic E-state index is 5.60. The lowest BCUT2D eigenvalue weighted by Gasteiger charge is -2.35. The van der Waals surface area contributed by atoms with Crippen LogP contribution in [0.4, 0.5) is 0 Å². The first kappa shape index (κ1) is 18.5. The van der Waals surface area contributed by atoms with Crippen molar-refractivity contribution in [1.82, 2.24) is 0 Å². The Labute approximate surface area is 133 Å². The van der Waals surface area contributed by atoms with E-state index in [4.69, 9.17) is 5.73 Å². The first-order chi connectivity index (χ1) is 9.86. The lowest BCUT2D eigenvalue weighted by atomic mass is 9.71. The summed E-state index contributed by atoms with van der Waals surface area (Å²) in [5.74, 6) is 1.41.